The Morgan fingerprint density at radius 3 is 2.48 bits per heavy atom. The van der Waals surface area contributed by atoms with Crippen LogP contribution in [0.4, 0.5) is 4.39 Å². The number of rotatable bonds is 10. The Bertz CT molecular complexity index is 502. The molecule has 1 atom stereocenters. The molecule has 1 aromatic carbocycles. The second kappa shape index (κ2) is 9.82. The van der Waals surface area contributed by atoms with Crippen LogP contribution in [0.15, 0.2) is 24.3 Å². The summed E-state index contributed by atoms with van der Waals surface area (Å²) in [6, 6.07) is 5.67. The number of benzene rings is 1. The van der Waals surface area contributed by atoms with Gasteiger partial charge in [-0.3, -0.25) is 9.59 Å². The maximum Gasteiger partial charge on any atom is 0.308 e. The quantitative estimate of drug-likeness (QED) is 0.649. The number of aliphatic carboxylic acids is 1. The molecule has 0 bridgehead atoms. The number of hydrogen-bond acceptors (Lipinski definition) is 3. The van der Waals surface area contributed by atoms with Crippen LogP contribution in [0.3, 0.4) is 0 Å². The van der Waals surface area contributed by atoms with Gasteiger partial charge in [-0.1, -0.05) is 13.8 Å². The molecule has 0 saturated heterocycles. The van der Waals surface area contributed by atoms with E-state index in [-0.39, 0.29) is 30.6 Å². The van der Waals surface area contributed by atoms with Crippen LogP contribution >= 0.6 is 0 Å². The van der Waals surface area contributed by atoms with Crippen molar-refractivity contribution >= 4 is 11.9 Å². The number of carboxylic acid groups (broad SMARTS) is 1. The minimum atomic E-state index is -0.890. The first-order valence-corrected chi connectivity index (χ1v) is 7.76. The first kappa shape index (κ1) is 18.9. The predicted molar refractivity (Wildman–Crippen MR) is 84.7 cm³/mol. The van der Waals surface area contributed by atoms with E-state index in [0.29, 0.717) is 25.2 Å². The molecule has 0 fully saturated rings. The minimum absolute atomic E-state index is 0.144. The van der Waals surface area contributed by atoms with Gasteiger partial charge < -0.3 is 15.2 Å². The molecule has 1 unspecified atom stereocenters. The van der Waals surface area contributed by atoms with E-state index in [1.807, 2.05) is 13.8 Å². The average Bonchev–Trinajstić information content (AvgIpc) is 2.49. The van der Waals surface area contributed by atoms with Crippen molar-refractivity contribution in [2.75, 3.05) is 13.2 Å². The van der Waals surface area contributed by atoms with E-state index in [1.165, 1.54) is 24.3 Å². The predicted octanol–water partition coefficient (Wildman–Crippen LogP) is 2.85. The van der Waals surface area contributed by atoms with Gasteiger partial charge in [0.05, 0.1) is 12.5 Å². The van der Waals surface area contributed by atoms with E-state index in [4.69, 9.17) is 9.84 Å². The lowest BCUT2D eigenvalue weighted by atomic mass is 9.97. The largest absolute Gasteiger partial charge is 0.494 e. The van der Waals surface area contributed by atoms with Crippen LogP contribution in [-0.4, -0.2) is 30.1 Å². The molecule has 0 heterocycles. The third-order valence-electron chi connectivity index (χ3n) is 3.28. The third kappa shape index (κ3) is 8.18. The molecule has 0 aliphatic heterocycles. The Morgan fingerprint density at radius 2 is 1.91 bits per heavy atom. The Balaban J connectivity index is 2.20. The molecule has 2 N–H and O–H groups in total. The number of carbonyl (C=O) groups excluding carboxylic acids is 1. The molecule has 0 aliphatic rings. The first-order valence-electron chi connectivity index (χ1n) is 7.76. The topological polar surface area (TPSA) is 75.6 Å². The molecule has 5 nitrogen and oxygen atoms in total. The van der Waals surface area contributed by atoms with Crippen LogP contribution < -0.4 is 10.1 Å². The summed E-state index contributed by atoms with van der Waals surface area (Å²) in [5.41, 5.74) is 0. The Kier molecular flexibility index (Phi) is 8.08. The van der Waals surface area contributed by atoms with Gasteiger partial charge in [-0.25, -0.2) is 4.39 Å². The Morgan fingerprint density at radius 1 is 1.26 bits per heavy atom. The molecular formula is C17H24FNO4. The molecule has 0 spiro atoms. The van der Waals surface area contributed by atoms with Crippen molar-refractivity contribution in [2.45, 2.75) is 33.1 Å². The fourth-order valence-electron chi connectivity index (χ4n) is 2.12. The van der Waals surface area contributed by atoms with Crippen molar-refractivity contribution in [3.8, 4) is 5.75 Å². The van der Waals surface area contributed by atoms with Crippen molar-refractivity contribution in [1.29, 1.82) is 0 Å². The van der Waals surface area contributed by atoms with Gasteiger partial charge in [0.2, 0.25) is 5.91 Å². The summed E-state index contributed by atoms with van der Waals surface area (Å²) in [6.07, 6.45) is 1.30. The molecular weight excluding hydrogens is 301 g/mol. The lowest BCUT2D eigenvalue weighted by Crippen LogP contribution is -2.33. The van der Waals surface area contributed by atoms with Gasteiger partial charge in [-0.2, -0.15) is 0 Å². The van der Waals surface area contributed by atoms with Gasteiger partial charge in [0.1, 0.15) is 11.6 Å². The minimum Gasteiger partial charge on any atom is -0.494 e. The van der Waals surface area contributed by atoms with Crippen LogP contribution in [0.25, 0.3) is 0 Å². The summed E-state index contributed by atoms with van der Waals surface area (Å²) >= 11 is 0. The number of hydrogen-bond donors (Lipinski definition) is 2. The van der Waals surface area contributed by atoms with Crippen molar-refractivity contribution < 1.29 is 23.8 Å². The number of ether oxygens (including phenoxy) is 1. The number of carbonyl (C=O) groups is 2. The number of halogens is 1. The van der Waals surface area contributed by atoms with Crippen LogP contribution in [0.2, 0.25) is 0 Å². The molecule has 23 heavy (non-hydrogen) atoms. The highest BCUT2D eigenvalue weighted by atomic mass is 19.1. The van der Waals surface area contributed by atoms with E-state index >= 15 is 0 Å². The molecule has 128 valence electrons. The summed E-state index contributed by atoms with van der Waals surface area (Å²) in [5, 5.41) is 11.7. The van der Waals surface area contributed by atoms with Crippen molar-refractivity contribution in [3.05, 3.63) is 30.1 Å². The zero-order valence-electron chi connectivity index (χ0n) is 13.5. The third-order valence-corrected chi connectivity index (χ3v) is 3.28. The Hall–Kier alpha value is -2.11. The molecule has 1 amide bonds. The highest BCUT2D eigenvalue weighted by Gasteiger charge is 2.19. The molecule has 0 aliphatic carbocycles. The van der Waals surface area contributed by atoms with E-state index in [9.17, 15) is 14.0 Å². The van der Waals surface area contributed by atoms with E-state index < -0.39 is 11.9 Å². The lowest BCUT2D eigenvalue weighted by Gasteiger charge is -2.15. The maximum absolute atomic E-state index is 12.7. The fraction of sp³-hybridized carbons (Fsp3) is 0.529. The molecule has 0 aromatic heterocycles. The number of amides is 1. The first-order chi connectivity index (χ1) is 10.9. The molecule has 0 radical (unpaired) electrons. The van der Waals surface area contributed by atoms with E-state index in [0.717, 1.165) is 0 Å². The zero-order valence-corrected chi connectivity index (χ0v) is 13.5. The smallest absolute Gasteiger partial charge is 0.308 e. The van der Waals surface area contributed by atoms with Crippen LogP contribution in [0, 0.1) is 17.7 Å². The number of carboxylic acids is 1. The highest BCUT2D eigenvalue weighted by Crippen LogP contribution is 2.12. The fourth-order valence-corrected chi connectivity index (χ4v) is 2.12. The second-order valence-corrected chi connectivity index (χ2v) is 5.87. The van der Waals surface area contributed by atoms with Gasteiger partial charge in [-0.15, -0.1) is 0 Å². The average molecular weight is 325 g/mol. The lowest BCUT2D eigenvalue weighted by molar-refractivity contribution is -0.142. The van der Waals surface area contributed by atoms with Crippen molar-refractivity contribution in [3.63, 3.8) is 0 Å². The summed E-state index contributed by atoms with van der Waals surface area (Å²) < 4.78 is 18.1. The van der Waals surface area contributed by atoms with Crippen LogP contribution in [-0.2, 0) is 9.59 Å². The SMILES string of the molecule is CC(C)CC(CNC(=O)CCCOc1ccc(F)cc1)C(=O)O. The summed E-state index contributed by atoms with van der Waals surface area (Å²) in [6.45, 7) is 4.38. The van der Waals surface area contributed by atoms with E-state index in [2.05, 4.69) is 5.32 Å². The molecule has 1 rings (SSSR count). The van der Waals surface area contributed by atoms with Crippen molar-refractivity contribution in [2.24, 2.45) is 11.8 Å². The number of nitrogens with one attached hydrogen (secondary N) is 1. The normalized spacial score (nSPS) is 12.0. The maximum atomic E-state index is 12.7. The molecule has 1 aromatic rings. The van der Waals surface area contributed by atoms with Gasteiger partial charge in [0.15, 0.2) is 0 Å². The van der Waals surface area contributed by atoms with Crippen molar-refractivity contribution in [1.82, 2.24) is 5.32 Å². The second-order valence-electron chi connectivity index (χ2n) is 5.87. The molecule has 0 saturated carbocycles. The van der Waals surface area contributed by atoms with Gasteiger partial charge in [0, 0.05) is 13.0 Å². The summed E-state index contributed by atoms with van der Waals surface area (Å²) in [7, 11) is 0. The van der Waals surface area contributed by atoms with E-state index in [1.54, 1.807) is 0 Å². The Labute approximate surface area is 135 Å². The summed E-state index contributed by atoms with van der Waals surface area (Å²) in [4.78, 5) is 22.8. The van der Waals surface area contributed by atoms with Gasteiger partial charge in [-0.05, 0) is 43.0 Å². The van der Waals surface area contributed by atoms with Crippen LogP contribution in [0.5, 0.6) is 5.75 Å². The monoisotopic (exact) mass is 325 g/mol. The molecule has 6 heteroatoms. The zero-order chi connectivity index (χ0) is 17.2. The summed E-state index contributed by atoms with van der Waals surface area (Å²) in [5.74, 6) is -1.16. The van der Waals surface area contributed by atoms with Crippen LogP contribution in [0.1, 0.15) is 33.1 Å². The van der Waals surface area contributed by atoms with Gasteiger partial charge in [0.25, 0.3) is 0 Å². The highest BCUT2D eigenvalue weighted by molar-refractivity contribution is 5.77. The standard InChI is InChI=1S/C17H24FNO4/c1-12(2)10-13(17(21)22)11-19-16(20)4-3-9-23-15-7-5-14(18)6-8-15/h5-8,12-13H,3-4,9-11H2,1-2H3,(H,19,20)(H,21,22). The van der Waals surface area contributed by atoms with Gasteiger partial charge >= 0.3 is 5.97 Å².